The minimum atomic E-state index is -4.86. The van der Waals surface area contributed by atoms with Crippen LogP contribution in [0.5, 0.6) is 0 Å². The molecule has 2 fully saturated rings. The lowest BCUT2D eigenvalue weighted by molar-refractivity contribution is -0.153. The highest BCUT2D eigenvalue weighted by atomic mass is 32.3. The lowest BCUT2D eigenvalue weighted by Crippen LogP contribution is -2.57. The second-order valence-corrected chi connectivity index (χ2v) is 7.78. The van der Waals surface area contributed by atoms with Gasteiger partial charge in [-0.15, -0.1) is 4.28 Å². The molecule has 2 atom stereocenters. The van der Waals surface area contributed by atoms with E-state index in [4.69, 9.17) is 10.4 Å². The average Bonchev–Trinajstić information content (AvgIpc) is 2.68. The first-order valence-corrected chi connectivity index (χ1v) is 8.59. The number of hydroxylamine groups is 2. The molecule has 0 saturated carbocycles. The van der Waals surface area contributed by atoms with Gasteiger partial charge in [-0.3, -0.25) is 14.1 Å². The monoisotopic (exact) mass is 364 g/mol. The van der Waals surface area contributed by atoms with Gasteiger partial charge in [0.15, 0.2) is 0 Å². The first-order chi connectivity index (χ1) is 10.8. The summed E-state index contributed by atoms with van der Waals surface area (Å²) in [4.78, 5) is 37.9. The van der Waals surface area contributed by atoms with Crippen LogP contribution in [0, 0.1) is 5.41 Å². The molecule has 0 radical (unpaired) electrons. The van der Waals surface area contributed by atoms with E-state index in [9.17, 15) is 22.8 Å². The number of carbonyl (C=O) groups is 3. The fourth-order valence-electron chi connectivity index (χ4n) is 2.71. The third-order valence-corrected chi connectivity index (χ3v) is 4.23. The second kappa shape index (κ2) is 5.95. The maximum absolute atomic E-state index is 12.5. The molecule has 2 aliphatic rings. The molecule has 0 aromatic rings. The zero-order chi connectivity index (χ0) is 18.4. The maximum atomic E-state index is 12.5. The smallest absolute Gasteiger partial charge is 0.309 e. The van der Waals surface area contributed by atoms with Crippen LogP contribution in [0.15, 0.2) is 0 Å². The first kappa shape index (κ1) is 18.6. The fourth-order valence-corrected chi connectivity index (χ4v) is 3.10. The van der Waals surface area contributed by atoms with E-state index >= 15 is 0 Å². The Labute approximate surface area is 139 Å². The van der Waals surface area contributed by atoms with E-state index in [2.05, 4.69) is 4.28 Å². The van der Waals surface area contributed by atoms with Crippen molar-refractivity contribution in [3.8, 4) is 0 Å². The molecule has 2 aliphatic heterocycles. The third kappa shape index (κ3) is 3.50. The lowest BCUT2D eigenvalue weighted by atomic mass is 9.94. The summed E-state index contributed by atoms with van der Waals surface area (Å²) in [5.74, 6) is 4.25. The van der Waals surface area contributed by atoms with E-state index in [1.54, 1.807) is 20.8 Å². The van der Waals surface area contributed by atoms with Crippen LogP contribution >= 0.6 is 0 Å². The molecule has 136 valence electrons. The standard InChI is InChI=1S/C12H20N4O7S/c1-12(2,3)10(18)15(13)9(17)8-5-4-7-6-14(8)11(19)16(7)23-24(20,21)22/h7-8H,4-6,13H2,1-3H3,(H,20,21,22). The Morgan fingerprint density at radius 1 is 1.33 bits per heavy atom. The molecule has 24 heavy (non-hydrogen) atoms. The van der Waals surface area contributed by atoms with Gasteiger partial charge in [0, 0.05) is 12.0 Å². The fraction of sp³-hybridized carbons (Fsp3) is 0.750. The molecule has 3 N–H and O–H groups in total. The predicted molar refractivity (Wildman–Crippen MR) is 78.9 cm³/mol. The molecule has 4 amide bonds. The first-order valence-electron chi connectivity index (χ1n) is 7.23. The highest BCUT2D eigenvalue weighted by molar-refractivity contribution is 7.80. The molecular weight excluding hydrogens is 344 g/mol. The van der Waals surface area contributed by atoms with Crippen molar-refractivity contribution in [1.82, 2.24) is 15.0 Å². The number of hydrogen-bond donors (Lipinski definition) is 2. The Morgan fingerprint density at radius 3 is 2.42 bits per heavy atom. The van der Waals surface area contributed by atoms with E-state index in [0.29, 0.717) is 10.1 Å². The van der Waals surface area contributed by atoms with Crippen molar-refractivity contribution < 1.29 is 31.6 Å². The number of fused-ring (bicyclic) bond motifs is 2. The number of hydrazine groups is 1. The van der Waals surface area contributed by atoms with E-state index in [-0.39, 0.29) is 19.4 Å². The molecule has 12 heteroatoms. The van der Waals surface area contributed by atoms with E-state index in [1.807, 2.05) is 0 Å². The molecule has 0 spiro atoms. The van der Waals surface area contributed by atoms with Gasteiger partial charge in [-0.05, 0) is 12.8 Å². The summed E-state index contributed by atoms with van der Waals surface area (Å²) in [6.07, 6.45) is 0.442. The van der Waals surface area contributed by atoms with Crippen LogP contribution in [0.4, 0.5) is 4.79 Å². The predicted octanol–water partition coefficient (Wildman–Crippen LogP) is -0.736. The van der Waals surface area contributed by atoms with Crippen LogP contribution < -0.4 is 5.84 Å². The van der Waals surface area contributed by atoms with E-state index in [1.165, 1.54) is 0 Å². The second-order valence-electron chi connectivity index (χ2n) is 6.77. The number of amides is 4. The number of rotatable bonds is 3. The summed E-state index contributed by atoms with van der Waals surface area (Å²) in [6, 6.07) is -2.50. The van der Waals surface area contributed by atoms with Crippen molar-refractivity contribution in [2.24, 2.45) is 11.3 Å². The van der Waals surface area contributed by atoms with Crippen LogP contribution in [0.2, 0.25) is 0 Å². The normalized spacial score (nSPS) is 24.3. The van der Waals surface area contributed by atoms with Crippen molar-refractivity contribution in [1.29, 1.82) is 0 Å². The Kier molecular flexibility index (Phi) is 4.61. The maximum Gasteiger partial charge on any atom is 0.418 e. The van der Waals surface area contributed by atoms with Gasteiger partial charge in [-0.25, -0.2) is 15.6 Å². The zero-order valence-electron chi connectivity index (χ0n) is 13.5. The van der Waals surface area contributed by atoms with Gasteiger partial charge in [0.1, 0.15) is 6.04 Å². The van der Waals surface area contributed by atoms with Crippen molar-refractivity contribution in [2.45, 2.75) is 45.7 Å². The number of nitrogens with zero attached hydrogens (tertiary/aromatic N) is 3. The van der Waals surface area contributed by atoms with Gasteiger partial charge in [0.05, 0.1) is 6.04 Å². The number of hydrogen-bond acceptors (Lipinski definition) is 7. The third-order valence-electron chi connectivity index (χ3n) is 3.88. The van der Waals surface area contributed by atoms with E-state index < -0.39 is 45.7 Å². The van der Waals surface area contributed by atoms with Crippen molar-refractivity contribution in [3.63, 3.8) is 0 Å². The topological polar surface area (TPSA) is 151 Å². The summed E-state index contributed by atoms with van der Waals surface area (Å²) in [5, 5.41) is 1.01. The Hall–Kier alpha value is -1.76. The van der Waals surface area contributed by atoms with Crippen LogP contribution in [0.1, 0.15) is 33.6 Å². The van der Waals surface area contributed by atoms with Gasteiger partial charge < -0.3 is 4.90 Å². The van der Waals surface area contributed by atoms with E-state index in [0.717, 1.165) is 4.90 Å². The summed E-state index contributed by atoms with van der Waals surface area (Å²) >= 11 is 0. The lowest BCUT2D eigenvalue weighted by Gasteiger charge is -2.33. The Bertz CT molecular complexity index is 671. The number of urea groups is 1. The molecule has 2 unspecified atom stereocenters. The number of piperidine rings is 1. The molecular formula is C12H20N4O7S. The zero-order valence-corrected chi connectivity index (χ0v) is 14.3. The number of carbonyl (C=O) groups excluding carboxylic acids is 3. The molecule has 2 bridgehead atoms. The van der Waals surface area contributed by atoms with Gasteiger partial charge in [-0.2, -0.15) is 13.5 Å². The molecule has 0 aromatic heterocycles. The molecule has 0 aromatic carbocycles. The van der Waals surface area contributed by atoms with Crippen molar-refractivity contribution in [2.75, 3.05) is 6.54 Å². The van der Waals surface area contributed by atoms with Crippen LogP contribution in [-0.4, -0.2) is 64.4 Å². The minimum absolute atomic E-state index is 0.0301. The van der Waals surface area contributed by atoms with Gasteiger partial charge in [0.25, 0.3) is 5.91 Å². The molecule has 2 saturated heterocycles. The highest BCUT2D eigenvalue weighted by Crippen LogP contribution is 2.31. The summed E-state index contributed by atoms with van der Waals surface area (Å²) in [7, 11) is -4.86. The van der Waals surface area contributed by atoms with Crippen LogP contribution in [-0.2, 0) is 24.3 Å². The van der Waals surface area contributed by atoms with Gasteiger partial charge in [0.2, 0.25) is 5.91 Å². The summed E-state index contributed by atoms with van der Waals surface area (Å²) in [6.45, 7) is 4.83. The van der Waals surface area contributed by atoms with Gasteiger partial charge in [-0.1, -0.05) is 20.8 Å². The highest BCUT2D eigenvalue weighted by Gasteiger charge is 2.50. The summed E-state index contributed by atoms with van der Waals surface area (Å²) in [5.41, 5.74) is -0.878. The van der Waals surface area contributed by atoms with Crippen molar-refractivity contribution >= 4 is 28.2 Å². The van der Waals surface area contributed by atoms with Crippen LogP contribution in [0.3, 0.4) is 0 Å². The quantitative estimate of drug-likeness (QED) is 0.288. The van der Waals surface area contributed by atoms with Gasteiger partial charge >= 0.3 is 16.4 Å². The number of nitrogens with two attached hydrogens (primary N) is 1. The summed E-state index contributed by atoms with van der Waals surface area (Å²) < 4.78 is 34.7. The Morgan fingerprint density at radius 2 is 1.92 bits per heavy atom. The molecule has 0 aliphatic carbocycles. The molecule has 2 rings (SSSR count). The number of imide groups is 1. The molecule has 2 heterocycles. The SMILES string of the molecule is CC(C)(C)C(=O)N(N)C(=O)C1CCC2CN1C(=O)N2OS(=O)(=O)O. The Balaban J connectivity index is 2.17. The molecule has 11 nitrogen and oxygen atoms in total. The van der Waals surface area contributed by atoms with Crippen LogP contribution in [0.25, 0.3) is 0 Å². The largest absolute Gasteiger partial charge is 0.418 e. The average molecular weight is 364 g/mol. The van der Waals surface area contributed by atoms with Crippen molar-refractivity contribution in [3.05, 3.63) is 0 Å². The minimum Gasteiger partial charge on any atom is -0.309 e.